The van der Waals surface area contributed by atoms with Crippen molar-refractivity contribution in [3.63, 3.8) is 0 Å². The SMILES string of the molecule is Cc1cccc(NC(=O)N[C@@H]2N=C(c3ccccc3F)c3ccccc3N(Cc3cc(C(C)(C)C)ccn3)C2=O)c1. The minimum Gasteiger partial charge on any atom is -0.308 e. The highest BCUT2D eigenvalue weighted by atomic mass is 19.1. The van der Waals surface area contributed by atoms with Crippen LogP contribution in [0.1, 0.15) is 48.7 Å². The molecule has 0 saturated carbocycles. The number of carbonyl (C=O) groups is 2. The quantitative estimate of drug-likeness (QED) is 0.304. The van der Waals surface area contributed by atoms with Crippen molar-refractivity contribution in [1.82, 2.24) is 10.3 Å². The van der Waals surface area contributed by atoms with E-state index >= 15 is 4.39 Å². The van der Waals surface area contributed by atoms with Crippen LogP contribution in [0.15, 0.2) is 96.1 Å². The van der Waals surface area contributed by atoms with Crippen molar-refractivity contribution in [2.24, 2.45) is 4.99 Å². The first-order valence-electron chi connectivity index (χ1n) is 13.4. The lowest BCUT2D eigenvalue weighted by atomic mass is 9.87. The molecule has 0 aliphatic carbocycles. The zero-order chi connectivity index (χ0) is 29.1. The number of nitrogens with one attached hydrogen (secondary N) is 2. The molecule has 5 rings (SSSR count). The summed E-state index contributed by atoms with van der Waals surface area (Å²) in [4.78, 5) is 38.0. The Morgan fingerprint density at radius 3 is 2.41 bits per heavy atom. The maximum absolute atomic E-state index is 15.1. The van der Waals surface area contributed by atoms with Crippen molar-refractivity contribution in [3.05, 3.63) is 125 Å². The van der Waals surface area contributed by atoms with Crippen molar-refractivity contribution in [2.75, 3.05) is 10.2 Å². The zero-order valence-electron chi connectivity index (χ0n) is 23.5. The van der Waals surface area contributed by atoms with Gasteiger partial charge in [-0.3, -0.25) is 9.78 Å². The van der Waals surface area contributed by atoms with E-state index < -0.39 is 23.9 Å². The van der Waals surface area contributed by atoms with Crippen molar-refractivity contribution >= 4 is 29.0 Å². The molecular formula is C33H32FN5O2. The van der Waals surface area contributed by atoms with Gasteiger partial charge in [0.15, 0.2) is 0 Å². The third-order valence-electron chi connectivity index (χ3n) is 6.88. The van der Waals surface area contributed by atoms with Gasteiger partial charge in [-0.05, 0) is 65.9 Å². The molecule has 41 heavy (non-hydrogen) atoms. The minimum absolute atomic E-state index is 0.114. The van der Waals surface area contributed by atoms with Gasteiger partial charge < -0.3 is 15.5 Å². The van der Waals surface area contributed by atoms with Gasteiger partial charge in [-0.2, -0.15) is 0 Å². The Kier molecular flexibility index (Phi) is 7.66. The maximum Gasteiger partial charge on any atom is 0.321 e. The fourth-order valence-corrected chi connectivity index (χ4v) is 4.76. The van der Waals surface area contributed by atoms with Gasteiger partial charge in [0.1, 0.15) is 5.82 Å². The zero-order valence-corrected chi connectivity index (χ0v) is 23.5. The molecule has 0 radical (unpaired) electrons. The minimum atomic E-state index is -1.33. The fraction of sp³-hybridized carbons (Fsp3) is 0.212. The first-order chi connectivity index (χ1) is 19.6. The monoisotopic (exact) mass is 549 g/mol. The van der Waals surface area contributed by atoms with Crippen LogP contribution < -0.4 is 15.5 Å². The number of nitrogens with zero attached hydrogens (tertiary/aromatic N) is 3. The summed E-state index contributed by atoms with van der Waals surface area (Å²) in [5.74, 6) is -0.949. The maximum atomic E-state index is 15.1. The van der Waals surface area contributed by atoms with Gasteiger partial charge in [0.2, 0.25) is 6.17 Å². The number of anilines is 2. The molecule has 0 saturated heterocycles. The largest absolute Gasteiger partial charge is 0.321 e. The molecule has 0 fully saturated rings. The predicted octanol–water partition coefficient (Wildman–Crippen LogP) is 6.36. The highest BCUT2D eigenvalue weighted by molar-refractivity contribution is 6.20. The molecule has 3 amide bonds. The molecular weight excluding hydrogens is 517 g/mol. The van der Waals surface area contributed by atoms with Crippen LogP contribution in [0.2, 0.25) is 0 Å². The third-order valence-corrected chi connectivity index (χ3v) is 6.88. The summed E-state index contributed by atoms with van der Waals surface area (Å²) in [6, 6.07) is 24.1. The molecule has 208 valence electrons. The van der Waals surface area contributed by atoms with Crippen LogP contribution in [0.25, 0.3) is 0 Å². The second-order valence-corrected chi connectivity index (χ2v) is 11.1. The molecule has 2 N–H and O–H groups in total. The number of amides is 3. The number of halogens is 1. The number of para-hydroxylation sites is 1. The fourth-order valence-electron chi connectivity index (χ4n) is 4.76. The Hall–Kier alpha value is -4.85. The molecule has 2 heterocycles. The second kappa shape index (κ2) is 11.3. The summed E-state index contributed by atoms with van der Waals surface area (Å²) in [6.07, 6.45) is 0.406. The number of fused-ring (bicyclic) bond motifs is 1. The molecule has 0 bridgehead atoms. The summed E-state index contributed by atoms with van der Waals surface area (Å²) >= 11 is 0. The summed E-state index contributed by atoms with van der Waals surface area (Å²) in [6.45, 7) is 8.39. The van der Waals surface area contributed by atoms with Gasteiger partial charge in [-0.15, -0.1) is 0 Å². The van der Waals surface area contributed by atoms with E-state index in [2.05, 4.69) is 41.4 Å². The normalized spacial score (nSPS) is 15.0. The van der Waals surface area contributed by atoms with E-state index in [0.29, 0.717) is 22.6 Å². The first kappa shape index (κ1) is 27.7. The van der Waals surface area contributed by atoms with Gasteiger partial charge >= 0.3 is 6.03 Å². The lowest BCUT2D eigenvalue weighted by Crippen LogP contribution is -2.48. The molecule has 1 aromatic heterocycles. The molecule has 3 aromatic carbocycles. The van der Waals surface area contributed by atoms with E-state index in [1.54, 1.807) is 47.5 Å². The van der Waals surface area contributed by atoms with Crippen molar-refractivity contribution in [2.45, 2.75) is 45.8 Å². The summed E-state index contributed by atoms with van der Waals surface area (Å²) in [5, 5.41) is 5.48. The number of benzodiazepines with no additional fused rings is 1. The Balaban J connectivity index is 1.58. The molecule has 7 nitrogen and oxygen atoms in total. The lowest BCUT2D eigenvalue weighted by molar-refractivity contribution is -0.120. The van der Waals surface area contributed by atoms with Crippen LogP contribution in [0.3, 0.4) is 0 Å². The molecule has 0 unspecified atom stereocenters. The molecule has 1 aliphatic rings. The van der Waals surface area contributed by atoms with E-state index in [0.717, 1.165) is 11.1 Å². The first-order valence-corrected chi connectivity index (χ1v) is 13.4. The Bertz CT molecular complexity index is 1640. The number of aromatic nitrogens is 1. The average molecular weight is 550 g/mol. The van der Waals surface area contributed by atoms with E-state index in [1.807, 2.05) is 49.4 Å². The van der Waals surface area contributed by atoms with E-state index in [1.165, 1.54) is 6.07 Å². The Labute approximate surface area is 239 Å². The van der Waals surface area contributed by atoms with Crippen LogP contribution in [-0.4, -0.2) is 28.8 Å². The Morgan fingerprint density at radius 2 is 1.68 bits per heavy atom. The number of aryl methyl sites for hydroxylation is 1. The highest BCUT2D eigenvalue weighted by Gasteiger charge is 2.34. The summed E-state index contributed by atoms with van der Waals surface area (Å²) < 4.78 is 15.1. The molecule has 1 atom stereocenters. The van der Waals surface area contributed by atoms with Gasteiger partial charge in [-0.25, -0.2) is 14.2 Å². The van der Waals surface area contributed by atoms with Crippen LogP contribution in [0.4, 0.5) is 20.6 Å². The predicted molar refractivity (Wildman–Crippen MR) is 160 cm³/mol. The number of hydrogen-bond acceptors (Lipinski definition) is 4. The van der Waals surface area contributed by atoms with E-state index in [4.69, 9.17) is 0 Å². The van der Waals surface area contributed by atoms with Gasteiger partial charge in [0.05, 0.1) is 23.6 Å². The number of hydrogen-bond donors (Lipinski definition) is 2. The van der Waals surface area contributed by atoms with Crippen LogP contribution >= 0.6 is 0 Å². The van der Waals surface area contributed by atoms with Gasteiger partial charge in [0.25, 0.3) is 5.91 Å². The number of rotatable bonds is 5. The van der Waals surface area contributed by atoms with E-state index in [9.17, 15) is 9.59 Å². The average Bonchev–Trinajstić information content (AvgIpc) is 3.04. The number of pyridine rings is 1. The smallest absolute Gasteiger partial charge is 0.308 e. The highest BCUT2D eigenvalue weighted by Crippen LogP contribution is 2.31. The van der Waals surface area contributed by atoms with Crippen LogP contribution in [-0.2, 0) is 16.8 Å². The van der Waals surface area contributed by atoms with Gasteiger partial charge in [0, 0.05) is 23.0 Å². The number of carbonyl (C=O) groups excluding carboxylic acids is 2. The number of aliphatic imine (C=N–C) groups is 1. The molecule has 8 heteroatoms. The van der Waals surface area contributed by atoms with E-state index in [-0.39, 0.29) is 23.2 Å². The topological polar surface area (TPSA) is 86.7 Å². The van der Waals surface area contributed by atoms with Crippen molar-refractivity contribution in [1.29, 1.82) is 0 Å². The van der Waals surface area contributed by atoms with Crippen molar-refractivity contribution in [3.8, 4) is 0 Å². The standard InChI is InChI=1S/C33H32FN5O2/c1-21-10-9-11-23(18-21)36-32(41)38-30-31(40)39(20-24-19-22(16-17-35-24)33(2,3)4)28-15-8-6-13-26(28)29(37-30)25-12-5-7-14-27(25)34/h5-19,30H,20H2,1-4H3,(H2,36,38,41)/t30-/m0/s1. The number of benzene rings is 3. The molecule has 4 aromatic rings. The second-order valence-electron chi connectivity index (χ2n) is 11.1. The number of urea groups is 1. The van der Waals surface area contributed by atoms with Gasteiger partial charge in [-0.1, -0.05) is 63.2 Å². The summed E-state index contributed by atoms with van der Waals surface area (Å²) in [5.41, 5.74) is 4.81. The lowest BCUT2D eigenvalue weighted by Gasteiger charge is -2.26. The molecule has 1 aliphatic heterocycles. The van der Waals surface area contributed by atoms with Crippen LogP contribution in [0.5, 0.6) is 0 Å². The third kappa shape index (κ3) is 6.17. The van der Waals surface area contributed by atoms with Crippen molar-refractivity contribution < 1.29 is 14.0 Å². The summed E-state index contributed by atoms with van der Waals surface area (Å²) in [7, 11) is 0. The molecule has 0 spiro atoms. The van der Waals surface area contributed by atoms with Crippen LogP contribution in [0, 0.1) is 12.7 Å². The Morgan fingerprint density at radius 1 is 0.951 bits per heavy atom.